The van der Waals surface area contributed by atoms with Crippen molar-refractivity contribution < 1.29 is 19.4 Å². The Morgan fingerprint density at radius 3 is 2.25 bits per heavy atom. The fourth-order valence-electron chi connectivity index (χ4n) is 2.09. The van der Waals surface area contributed by atoms with E-state index in [9.17, 15) is 9.59 Å². The first-order chi connectivity index (χ1) is 9.36. The van der Waals surface area contributed by atoms with Gasteiger partial charge in [0.15, 0.2) is 5.78 Å². The fourth-order valence-corrected chi connectivity index (χ4v) is 2.09. The summed E-state index contributed by atoms with van der Waals surface area (Å²) in [6.07, 6.45) is 2.19. The van der Waals surface area contributed by atoms with E-state index in [1.165, 1.54) is 0 Å². The largest absolute Gasteiger partial charge is 0.497 e. The van der Waals surface area contributed by atoms with Gasteiger partial charge in [0, 0.05) is 17.4 Å². The van der Waals surface area contributed by atoms with Gasteiger partial charge in [-0.2, -0.15) is 0 Å². The average molecular weight is 278 g/mol. The Hall–Kier alpha value is -1.84. The van der Waals surface area contributed by atoms with Crippen LogP contribution in [0.4, 0.5) is 0 Å². The van der Waals surface area contributed by atoms with Crippen molar-refractivity contribution in [2.45, 2.75) is 39.5 Å². The van der Waals surface area contributed by atoms with Crippen molar-refractivity contribution >= 4 is 11.8 Å². The molecule has 0 saturated heterocycles. The van der Waals surface area contributed by atoms with Crippen LogP contribution in [-0.4, -0.2) is 24.0 Å². The molecule has 0 unspecified atom stereocenters. The number of carboxylic acid groups (broad SMARTS) is 1. The number of carboxylic acids is 1. The number of methoxy groups -OCH3 is 1. The van der Waals surface area contributed by atoms with E-state index in [0.717, 1.165) is 12.2 Å². The highest BCUT2D eigenvalue weighted by molar-refractivity contribution is 6.00. The lowest BCUT2D eigenvalue weighted by molar-refractivity contribution is -0.137. The van der Waals surface area contributed by atoms with Gasteiger partial charge >= 0.3 is 5.97 Å². The number of benzene rings is 1. The molecule has 0 saturated carbocycles. The molecule has 0 heterocycles. The second-order valence-corrected chi connectivity index (χ2v) is 5.54. The Kier molecular flexibility index (Phi) is 5.74. The molecule has 0 bridgehead atoms. The van der Waals surface area contributed by atoms with Crippen LogP contribution < -0.4 is 4.74 Å². The Morgan fingerprint density at radius 1 is 1.15 bits per heavy atom. The normalized spacial score (nSPS) is 11.2. The van der Waals surface area contributed by atoms with Crippen molar-refractivity contribution in [1.82, 2.24) is 0 Å². The zero-order valence-electron chi connectivity index (χ0n) is 12.3. The maximum atomic E-state index is 12.4. The molecule has 1 rings (SSSR count). The van der Waals surface area contributed by atoms with Gasteiger partial charge in [-0.05, 0) is 37.1 Å². The molecular formula is C16H22O4. The monoisotopic (exact) mass is 278 g/mol. The molecule has 1 N–H and O–H groups in total. The molecule has 0 aliphatic rings. The SMILES string of the molecule is COc1ccc(C(=O)C(C)(C)CCCCC(=O)O)cc1. The highest BCUT2D eigenvalue weighted by Crippen LogP contribution is 2.29. The third-order valence-electron chi connectivity index (χ3n) is 3.41. The zero-order chi connectivity index (χ0) is 15.2. The van der Waals surface area contributed by atoms with E-state index in [1.54, 1.807) is 31.4 Å². The summed E-state index contributed by atoms with van der Waals surface area (Å²) >= 11 is 0. The number of Topliss-reactive ketones (excluding diaryl/α,β-unsaturated/α-hetero) is 1. The van der Waals surface area contributed by atoms with E-state index < -0.39 is 11.4 Å². The van der Waals surface area contributed by atoms with Crippen molar-refractivity contribution in [2.75, 3.05) is 7.11 Å². The maximum absolute atomic E-state index is 12.4. The summed E-state index contributed by atoms with van der Waals surface area (Å²) < 4.78 is 5.07. The Morgan fingerprint density at radius 2 is 1.75 bits per heavy atom. The van der Waals surface area contributed by atoms with Gasteiger partial charge in [0.1, 0.15) is 5.75 Å². The highest BCUT2D eigenvalue weighted by Gasteiger charge is 2.28. The molecular weight excluding hydrogens is 256 g/mol. The van der Waals surface area contributed by atoms with Gasteiger partial charge in [0.25, 0.3) is 0 Å². The van der Waals surface area contributed by atoms with Crippen LogP contribution >= 0.6 is 0 Å². The second kappa shape index (κ2) is 7.08. The van der Waals surface area contributed by atoms with E-state index >= 15 is 0 Å². The summed E-state index contributed by atoms with van der Waals surface area (Å²) in [5.41, 5.74) is 0.182. The van der Waals surface area contributed by atoms with Gasteiger partial charge in [0.2, 0.25) is 0 Å². The first kappa shape index (κ1) is 16.2. The summed E-state index contributed by atoms with van der Waals surface area (Å²) in [6, 6.07) is 7.07. The molecule has 4 heteroatoms. The first-order valence-corrected chi connectivity index (χ1v) is 6.77. The molecule has 0 spiro atoms. The van der Waals surface area contributed by atoms with E-state index in [1.807, 2.05) is 13.8 Å². The minimum atomic E-state index is -0.788. The van der Waals surface area contributed by atoms with E-state index in [0.29, 0.717) is 18.4 Å². The number of hydrogen-bond donors (Lipinski definition) is 1. The van der Waals surface area contributed by atoms with E-state index in [4.69, 9.17) is 9.84 Å². The van der Waals surface area contributed by atoms with Crippen LogP contribution in [0.3, 0.4) is 0 Å². The number of ketones is 1. The van der Waals surface area contributed by atoms with Crippen molar-refractivity contribution in [3.8, 4) is 5.75 Å². The van der Waals surface area contributed by atoms with Gasteiger partial charge in [-0.25, -0.2) is 0 Å². The van der Waals surface area contributed by atoms with Crippen molar-refractivity contribution in [3.05, 3.63) is 29.8 Å². The minimum absolute atomic E-state index is 0.0791. The van der Waals surface area contributed by atoms with Gasteiger partial charge in [0.05, 0.1) is 7.11 Å². The lowest BCUT2D eigenvalue weighted by atomic mass is 9.80. The van der Waals surface area contributed by atoms with Gasteiger partial charge in [-0.3, -0.25) is 9.59 Å². The molecule has 20 heavy (non-hydrogen) atoms. The number of carbonyl (C=O) groups excluding carboxylic acids is 1. The molecule has 110 valence electrons. The quantitative estimate of drug-likeness (QED) is 0.583. The minimum Gasteiger partial charge on any atom is -0.497 e. The predicted molar refractivity (Wildman–Crippen MR) is 77.2 cm³/mol. The molecule has 0 radical (unpaired) electrons. The second-order valence-electron chi connectivity index (χ2n) is 5.54. The highest BCUT2D eigenvalue weighted by atomic mass is 16.5. The predicted octanol–water partition coefficient (Wildman–Crippen LogP) is 3.55. The van der Waals surface area contributed by atoms with Crippen LogP contribution in [0.5, 0.6) is 5.75 Å². The fraction of sp³-hybridized carbons (Fsp3) is 0.500. The molecule has 0 aliphatic carbocycles. The standard InChI is InChI=1S/C16H22O4/c1-16(2,11-5-4-6-14(17)18)15(19)12-7-9-13(20-3)10-8-12/h7-10H,4-6,11H2,1-3H3,(H,17,18). The van der Waals surface area contributed by atoms with Crippen LogP contribution in [0, 0.1) is 5.41 Å². The lowest BCUT2D eigenvalue weighted by Gasteiger charge is -2.23. The molecule has 0 aliphatic heterocycles. The molecule has 4 nitrogen and oxygen atoms in total. The molecule has 1 aromatic carbocycles. The number of aliphatic carboxylic acids is 1. The smallest absolute Gasteiger partial charge is 0.303 e. The third-order valence-corrected chi connectivity index (χ3v) is 3.41. The van der Waals surface area contributed by atoms with Crippen molar-refractivity contribution in [2.24, 2.45) is 5.41 Å². The summed E-state index contributed by atoms with van der Waals surface area (Å²) in [5.74, 6) is 0.0144. The zero-order valence-corrected chi connectivity index (χ0v) is 12.3. The Bertz CT molecular complexity index is 460. The summed E-state index contributed by atoms with van der Waals surface area (Å²) in [4.78, 5) is 22.9. The number of rotatable bonds is 8. The van der Waals surface area contributed by atoms with E-state index in [2.05, 4.69) is 0 Å². The number of hydrogen-bond acceptors (Lipinski definition) is 3. The lowest BCUT2D eigenvalue weighted by Crippen LogP contribution is -2.24. The average Bonchev–Trinajstić information content (AvgIpc) is 2.43. The van der Waals surface area contributed by atoms with Gasteiger partial charge < -0.3 is 9.84 Å². The first-order valence-electron chi connectivity index (χ1n) is 6.77. The number of ether oxygens (including phenoxy) is 1. The van der Waals surface area contributed by atoms with E-state index in [-0.39, 0.29) is 12.2 Å². The summed E-state index contributed by atoms with van der Waals surface area (Å²) in [6.45, 7) is 3.81. The van der Waals surface area contributed by atoms with Gasteiger partial charge in [-0.1, -0.05) is 20.3 Å². The number of carbonyl (C=O) groups is 2. The van der Waals surface area contributed by atoms with Crippen LogP contribution in [-0.2, 0) is 4.79 Å². The molecule has 1 aromatic rings. The molecule has 0 fully saturated rings. The molecule has 0 amide bonds. The molecule has 0 atom stereocenters. The number of unbranched alkanes of at least 4 members (excludes halogenated alkanes) is 1. The molecule has 0 aromatic heterocycles. The topological polar surface area (TPSA) is 63.6 Å². The third kappa shape index (κ3) is 4.68. The van der Waals surface area contributed by atoms with Gasteiger partial charge in [-0.15, -0.1) is 0 Å². The van der Waals surface area contributed by atoms with Crippen LogP contribution in [0.1, 0.15) is 49.9 Å². The Labute approximate surface area is 119 Å². The summed E-state index contributed by atoms with van der Waals surface area (Å²) in [5, 5.41) is 8.60. The van der Waals surface area contributed by atoms with Crippen LogP contribution in [0.2, 0.25) is 0 Å². The Balaban J connectivity index is 2.60. The van der Waals surface area contributed by atoms with Crippen LogP contribution in [0.25, 0.3) is 0 Å². The van der Waals surface area contributed by atoms with Crippen molar-refractivity contribution in [3.63, 3.8) is 0 Å². The summed E-state index contributed by atoms with van der Waals surface area (Å²) in [7, 11) is 1.59. The maximum Gasteiger partial charge on any atom is 0.303 e. The van der Waals surface area contributed by atoms with Crippen molar-refractivity contribution in [1.29, 1.82) is 0 Å². The van der Waals surface area contributed by atoms with Crippen LogP contribution in [0.15, 0.2) is 24.3 Å².